The number of carboxylic acids is 1. The summed E-state index contributed by atoms with van der Waals surface area (Å²) in [5.41, 5.74) is 5.42. The van der Waals surface area contributed by atoms with E-state index in [1.807, 2.05) is 0 Å². The van der Waals surface area contributed by atoms with Crippen LogP contribution in [-0.2, 0) is 4.79 Å². The Bertz CT molecular complexity index is 203. The van der Waals surface area contributed by atoms with Gasteiger partial charge in [0, 0.05) is 6.04 Å². The number of hydrogen-bond acceptors (Lipinski definition) is 3. The molecule has 4 nitrogen and oxygen atoms in total. The molecule has 0 radical (unpaired) electrons. The van der Waals surface area contributed by atoms with Crippen molar-refractivity contribution in [1.82, 2.24) is 5.32 Å². The molecule has 1 rings (SSSR count). The van der Waals surface area contributed by atoms with Gasteiger partial charge in [0.05, 0.1) is 0 Å². The maximum Gasteiger partial charge on any atom is 0.320 e. The van der Waals surface area contributed by atoms with Gasteiger partial charge in [-0.3, -0.25) is 4.79 Å². The molecule has 1 fully saturated rings. The Morgan fingerprint density at radius 1 is 1.31 bits per heavy atom. The minimum Gasteiger partial charge on any atom is -0.480 e. The molecule has 4 N–H and O–H groups in total. The highest BCUT2D eigenvalue weighted by molar-refractivity contribution is 5.72. The normalized spacial score (nSPS) is 19.6. The summed E-state index contributed by atoms with van der Waals surface area (Å²) in [4.78, 5) is 10.5. The molecule has 1 saturated carbocycles. The fraction of sp³-hybridized carbons (Fsp3) is 0.917. The second kappa shape index (κ2) is 7.63. The van der Waals surface area contributed by atoms with E-state index in [0.29, 0.717) is 12.5 Å². The second-order valence-corrected chi connectivity index (χ2v) is 4.73. The minimum absolute atomic E-state index is 0.585. The maximum absolute atomic E-state index is 10.5. The SMILES string of the molecule is NC(CCCCNC1CCCCC1)C(=O)O. The Kier molecular flexibility index (Phi) is 6.42. The molecular weight excluding hydrogens is 204 g/mol. The first kappa shape index (κ1) is 13.5. The predicted molar refractivity (Wildman–Crippen MR) is 64.3 cm³/mol. The number of unbranched alkanes of at least 4 members (excludes halogenated alkanes) is 1. The van der Waals surface area contributed by atoms with Crippen LogP contribution in [0.3, 0.4) is 0 Å². The molecule has 0 spiro atoms. The highest BCUT2D eigenvalue weighted by Crippen LogP contribution is 2.17. The van der Waals surface area contributed by atoms with E-state index in [9.17, 15) is 4.79 Å². The predicted octanol–water partition coefficient (Wildman–Crippen LogP) is 1.49. The molecule has 1 aliphatic rings. The maximum atomic E-state index is 10.5. The summed E-state index contributed by atoms with van der Waals surface area (Å²) in [7, 11) is 0. The Labute approximate surface area is 97.6 Å². The molecule has 4 heteroatoms. The van der Waals surface area contributed by atoms with Crippen molar-refractivity contribution in [3.63, 3.8) is 0 Å². The fourth-order valence-electron chi connectivity index (χ4n) is 2.23. The van der Waals surface area contributed by atoms with E-state index >= 15 is 0 Å². The van der Waals surface area contributed by atoms with Crippen LogP contribution in [0.15, 0.2) is 0 Å². The Hall–Kier alpha value is -0.610. The van der Waals surface area contributed by atoms with Crippen molar-refractivity contribution < 1.29 is 9.90 Å². The molecule has 0 aromatic rings. The molecule has 0 amide bonds. The molecule has 1 aliphatic carbocycles. The van der Waals surface area contributed by atoms with Gasteiger partial charge in [-0.2, -0.15) is 0 Å². The van der Waals surface area contributed by atoms with Gasteiger partial charge in [-0.25, -0.2) is 0 Å². The zero-order chi connectivity index (χ0) is 11.8. The minimum atomic E-state index is -0.889. The lowest BCUT2D eigenvalue weighted by Crippen LogP contribution is -2.32. The Morgan fingerprint density at radius 3 is 2.62 bits per heavy atom. The van der Waals surface area contributed by atoms with E-state index in [0.717, 1.165) is 19.4 Å². The molecular formula is C12H24N2O2. The zero-order valence-electron chi connectivity index (χ0n) is 9.95. The highest BCUT2D eigenvalue weighted by atomic mass is 16.4. The summed E-state index contributed by atoms with van der Waals surface area (Å²) >= 11 is 0. The quantitative estimate of drug-likeness (QED) is 0.577. The van der Waals surface area contributed by atoms with E-state index in [4.69, 9.17) is 10.8 Å². The van der Waals surface area contributed by atoms with Crippen LogP contribution in [0.2, 0.25) is 0 Å². The molecule has 0 aliphatic heterocycles. The van der Waals surface area contributed by atoms with Gasteiger partial charge in [0.1, 0.15) is 6.04 Å². The van der Waals surface area contributed by atoms with Gasteiger partial charge < -0.3 is 16.2 Å². The van der Waals surface area contributed by atoms with Gasteiger partial charge in [0.25, 0.3) is 0 Å². The number of nitrogens with one attached hydrogen (secondary N) is 1. The van der Waals surface area contributed by atoms with Crippen LogP contribution < -0.4 is 11.1 Å². The van der Waals surface area contributed by atoms with Crippen molar-refractivity contribution in [3.8, 4) is 0 Å². The second-order valence-electron chi connectivity index (χ2n) is 4.73. The molecule has 1 atom stereocenters. The van der Waals surface area contributed by atoms with Crippen LogP contribution in [-0.4, -0.2) is 29.7 Å². The van der Waals surface area contributed by atoms with Gasteiger partial charge in [0.15, 0.2) is 0 Å². The third-order valence-corrected chi connectivity index (χ3v) is 3.30. The Morgan fingerprint density at radius 2 is 2.00 bits per heavy atom. The van der Waals surface area contributed by atoms with Gasteiger partial charge in [-0.1, -0.05) is 25.7 Å². The lowest BCUT2D eigenvalue weighted by atomic mass is 9.95. The highest BCUT2D eigenvalue weighted by Gasteiger charge is 2.12. The van der Waals surface area contributed by atoms with Crippen LogP contribution in [0.5, 0.6) is 0 Å². The summed E-state index contributed by atoms with van der Waals surface area (Å²) in [5.74, 6) is -0.889. The van der Waals surface area contributed by atoms with Crippen LogP contribution in [0.25, 0.3) is 0 Å². The lowest BCUT2D eigenvalue weighted by Gasteiger charge is -2.22. The molecule has 16 heavy (non-hydrogen) atoms. The summed E-state index contributed by atoms with van der Waals surface area (Å²) in [6.45, 7) is 0.997. The van der Waals surface area contributed by atoms with Gasteiger partial charge in [-0.15, -0.1) is 0 Å². The van der Waals surface area contributed by atoms with Gasteiger partial charge in [0.2, 0.25) is 0 Å². The average Bonchev–Trinajstić information content (AvgIpc) is 2.29. The van der Waals surface area contributed by atoms with E-state index in [2.05, 4.69) is 5.32 Å². The van der Waals surface area contributed by atoms with Crippen molar-refractivity contribution in [3.05, 3.63) is 0 Å². The molecule has 0 aromatic carbocycles. The summed E-state index contributed by atoms with van der Waals surface area (Å²) < 4.78 is 0. The van der Waals surface area contributed by atoms with E-state index in [-0.39, 0.29) is 0 Å². The van der Waals surface area contributed by atoms with Crippen LogP contribution in [0, 0.1) is 0 Å². The standard InChI is InChI=1S/C12H24N2O2/c13-11(12(15)16)8-4-5-9-14-10-6-2-1-3-7-10/h10-11,14H,1-9,13H2,(H,15,16). The van der Waals surface area contributed by atoms with Gasteiger partial charge >= 0.3 is 5.97 Å². The van der Waals surface area contributed by atoms with Crippen LogP contribution in [0.1, 0.15) is 51.4 Å². The van der Waals surface area contributed by atoms with Gasteiger partial charge in [-0.05, 0) is 32.2 Å². The van der Waals surface area contributed by atoms with Crippen LogP contribution >= 0.6 is 0 Å². The summed E-state index contributed by atoms with van der Waals surface area (Å²) in [6.07, 6.45) is 9.18. The van der Waals surface area contributed by atoms with Crippen molar-refractivity contribution in [2.45, 2.75) is 63.5 Å². The van der Waals surface area contributed by atoms with Crippen molar-refractivity contribution in [1.29, 1.82) is 0 Å². The first-order valence-electron chi connectivity index (χ1n) is 6.42. The topological polar surface area (TPSA) is 75.3 Å². The molecule has 0 aromatic heterocycles. The van der Waals surface area contributed by atoms with Crippen molar-refractivity contribution in [2.24, 2.45) is 5.73 Å². The first-order chi connectivity index (χ1) is 7.70. The number of rotatable bonds is 7. The number of carboxylic acid groups (broad SMARTS) is 1. The van der Waals surface area contributed by atoms with E-state index in [1.165, 1.54) is 32.1 Å². The monoisotopic (exact) mass is 228 g/mol. The molecule has 0 saturated heterocycles. The Balaban J connectivity index is 1.93. The third-order valence-electron chi connectivity index (χ3n) is 3.30. The fourth-order valence-corrected chi connectivity index (χ4v) is 2.23. The first-order valence-corrected chi connectivity index (χ1v) is 6.42. The summed E-state index contributed by atoms with van der Waals surface area (Å²) in [5, 5.41) is 12.1. The average molecular weight is 228 g/mol. The molecule has 0 bridgehead atoms. The smallest absolute Gasteiger partial charge is 0.320 e. The van der Waals surface area contributed by atoms with Crippen molar-refractivity contribution in [2.75, 3.05) is 6.54 Å². The van der Waals surface area contributed by atoms with E-state index < -0.39 is 12.0 Å². The van der Waals surface area contributed by atoms with E-state index in [1.54, 1.807) is 0 Å². The number of carbonyl (C=O) groups is 1. The molecule has 94 valence electrons. The third kappa shape index (κ3) is 5.47. The largest absolute Gasteiger partial charge is 0.480 e. The number of aliphatic carboxylic acids is 1. The number of hydrogen-bond donors (Lipinski definition) is 3. The van der Waals surface area contributed by atoms with Crippen LogP contribution in [0.4, 0.5) is 0 Å². The molecule has 0 heterocycles. The number of nitrogens with two attached hydrogens (primary N) is 1. The molecule has 1 unspecified atom stereocenters. The lowest BCUT2D eigenvalue weighted by molar-refractivity contribution is -0.138. The zero-order valence-corrected chi connectivity index (χ0v) is 9.95. The summed E-state index contributed by atoms with van der Waals surface area (Å²) in [6, 6.07) is 0.0107. The van der Waals surface area contributed by atoms with Crippen molar-refractivity contribution >= 4 is 5.97 Å².